The van der Waals surface area contributed by atoms with Crippen molar-refractivity contribution in [2.24, 2.45) is 0 Å². The molecule has 0 aliphatic heterocycles. The Morgan fingerprint density at radius 1 is 1.53 bits per heavy atom. The summed E-state index contributed by atoms with van der Waals surface area (Å²) in [6.45, 7) is 3.99. The molecule has 2 N–H and O–H groups in total. The van der Waals surface area contributed by atoms with Crippen molar-refractivity contribution >= 4 is 11.7 Å². The lowest BCUT2D eigenvalue weighted by Gasteiger charge is -2.04. The van der Waals surface area contributed by atoms with Crippen LogP contribution < -0.4 is 5.32 Å². The van der Waals surface area contributed by atoms with Gasteiger partial charge in [-0.05, 0) is 18.9 Å². The Hall–Kier alpha value is -2.04. The van der Waals surface area contributed by atoms with E-state index >= 15 is 0 Å². The summed E-state index contributed by atoms with van der Waals surface area (Å²) in [6, 6.07) is 3.60. The Morgan fingerprint density at radius 2 is 2.32 bits per heavy atom. The number of nitrogens with zero attached hydrogens (tertiary/aromatic N) is 1. The van der Waals surface area contributed by atoms with Crippen LogP contribution in [-0.2, 0) is 0 Å². The molecule has 0 saturated heterocycles. The largest absolute Gasteiger partial charge is 0.468 e. The first-order chi connectivity index (χ1) is 9.15. The lowest BCUT2D eigenvalue weighted by Crippen LogP contribution is -2.13. The molecule has 5 heteroatoms. The molecule has 0 radical (unpaired) electrons. The lowest BCUT2D eigenvalue weighted by atomic mass is 10.1. The molecule has 19 heavy (non-hydrogen) atoms. The zero-order valence-corrected chi connectivity index (χ0v) is 11.1. The molecule has 1 fully saturated rings. The molecule has 3 rings (SSSR count). The molecule has 2 aromatic heterocycles. The predicted octanol–water partition coefficient (Wildman–Crippen LogP) is 3.26. The van der Waals surface area contributed by atoms with Crippen molar-refractivity contribution in [2.45, 2.75) is 38.5 Å². The van der Waals surface area contributed by atoms with E-state index in [1.54, 1.807) is 12.3 Å². The highest BCUT2D eigenvalue weighted by Crippen LogP contribution is 2.39. The Labute approximate surface area is 111 Å². The Balaban J connectivity index is 1.74. The van der Waals surface area contributed by atoms with E-state index in [1.165, 1.54) is 12.8 Å². The second-order valence-corrected chi connectivity index (χ2v) is 5.29. The summed E-state index contributed by atoms with van der Waals surface area (Å²) in [6.07, 6.45) is 3.95. The van der Waals surface area contributed by atoms with Gasteiger partial charge >= 0.3 is 0 Å². The minimum Gasteiger partial charge on any atom is -0.468 e. The monoisotopic (exact) mass is 259 g/mol. The number of amides is 1. The summed E-state index contributed by atoms with van der Waals surface area (Å²) in [7, 11) is 0. The molecular formula is C14H17N3O2. The first-order valence-corrected chi connectivity index (χ1v) is 6.59. The van der Waals surface area contributed by atoms with Crippen LogP contribution in [-0.4, -0.2) is 16.1 Å². The van der Waals surface area contributed by atoms with Crippen molar-refractivity contribution in [1.82, 2.24) is 10.2 Å². The van der Waals surface area contributed by atoms with Gasteiger partial charge in [-0.15, -0.1) is 0 Å². The normalized spacial score (nSPS) is 14.9. The molecule has 0 unspecified atom stereocenters. The number of H-pyrrole nitrogens is 1. The summed E-state index contributed by atoms with van der Waals surface area (Å²) in [5, 5.41) is 9.88. The average Bonchev–Trinajstić information content (AvgIpc) is 2.92. The summed E-state index contributed by atoms with van der Waals surface area (Å²) < 4.78 is 5.35. The van der Waals surface area contributed by atoms with Crippen molar-refractivity contribution in [3.05, 3.63) is 35.4 Å². The van der Waals surface area contributed by atoms with E-state index in [0.717, 1.165) is 5.69 Å². The maximum Gasteiger partial charge on any atom is 0.260 e. The average molecular weight is 259 g/mol. The van der Waals surface area contributed by atoms with Crippen molar-refractivity contribution in [3.8, 4) is 0 Å². The maximum atomic E-state index is 12.2. The number of carbonyl (C=O) groups excluding carboxylic acids is 1. The van der Waals surface area contributed by atoms with Gasteiger partial charge in [0, 0.05) is 23.6 Å². The molecule has 1 aliphatic carbocycles. The number of aromatic nitrogens is 2. The van der Waals surface area contributed by atoms with Crippen LogP contribution in [0.1, 0.15) is 60.3 Å². The van der Waals surface area contributed by atoms with Gasteiger partial charge < -0.3 is 9.73 Å². The van der Waals surface area contributed by atoms with Crippen molar-refractivity contribution < 1.29 is 9.21 Å². The predicted molar refractivity (Wildman–Crippen MR) is 71.3 cm³/mol. The van der Waals surface area contributed by atoms with Crippen LogP contribution in [0.3, 0.4) is 0 Å². The van der Waals surface area contributed by atoms with Gasteiger partial charge in [0.05, 0.1) is 11.8 Å². The number of hydrogen-bond donors (Lipinski definition) is 2. The maximum absolute atomic E-state index is 12.2. The number of rotatable bonds is 4. The molecular weight excluding hydrogens is 242 g/mol. The fourth-order valence-electron chi connectivity index (χ4n) is 2.14. The molecule has 0 atom stereocenters. The smallest absolute Gasteiger partial charge is 0.260 e. The lowest BCUT2D eigenvalue weighted by molar-refractivity contribution is 0.102. The van der Waals surface area contributed by atoms with Gasteiger partial charge in [0.25, 0.3) is 5.91 Å². The van der Waals surface area contributed by atoms with Crippen LogP contribution in [0.15, 0.2) is 22.8 Å². The molecule has 2 heterocycles. The highest BCUT2D eigenvalue weighted by molar-refractivity contribution is 6.04. The number of furan rings is 1. The number of anilines is 1. The van der Waals surface area contributed by atoms with E-state index in [4.69, 9.17) is 4.42 Å². The van der Waals surface area contributed by atoms with Crippen LogP contribution in [0, 0.1) is 0 Å². The standard InChI is InChI=1S/C14H17N3O2/c1-8(2)13-10(5-6-19-13)14(18)15-12-7-11(16-17-12)9-3-4-9/h5-9H,3-4H2,1-2H3,(H2,15,16,17,18). The summed E-state index contributed by atoms with van der Waals surface area (Å²) in [5.74, 6) is 1.87. The van der Waals surface area contributed by atoms with Crippen molar-refractivity contribution in [2.75, 3.05) is 5.32 Å². The minimum absolute atomic E-state index is 0.175. The van der Waals surface area contributed by atoms with E-state index in [0.29, 0.717) is 23.1 Å². The van der Waals surface area contributed by atoms with Gasteiger partial charge in [-0.2, -0.15) is 5.10 Å². The summed E-state index contributed by atoms with van der Waals surface area (Å²) in [4.78, 5) is 12.2. The SMILES string of the molecule is CC(C)c1occc1C(=O)Nc1cc(C2CC2)[nH]n1. The van der Waals surface area contributed by atoms with Gasteiger partial charge in [0.15, 0.2) is 5.82 Å². The third-order valence-corrected chi connectivity index (χ3v) is 3.32. The second kappa shape index (κ2) is 4.57. The molecule has 1 amide bonds. The fraction of sp³-hybridized carbons (Fsp3) is 0.429. The quantitative estimate of drug-likeness (QED) is 0.885. The van der Waals surface area contributed by atoms with E-state index in [1.807, 2.05) is 19.9 Å². The van der Waals surface area contributed by atoms with Crippen LogP contribution in [0.2, 0.25) is 0 Å². The van der Waals surface area contributed by atoms with Gasteiger partial charge in [0.2, 0.25) is 0 Å². The van der Waals surface area contributed by atoms with E-state index in [-0.39, 0.29) is 11.8 Å². The Morgan fingerprint density at radius 3 is 3.00 bits per heavy atom. The summed E-state index contributed by atoms with van der Waals surface area (Å²) >= 11 is 0. The van der Waals surface area contributed by atoms with Gasteiger partial charge in [0.1, 0.15) is 5.76 Å². The molecule has 2 aromatic rings. The van der Waals surface area contributed by atoms with Crippen LogP contribution >= 0.6 is 0 Å². The zero-order valence-electron chi connectivity index (χ0n) is 11.1. The Bertz CT molecular complexity index is 593. The number of nitrogens with one attached hydrogen (secondary N) is 2. The van der Waals surface area contributed by atoms with Crippen LogP contribution in [0.5, 0.6) is 0 Å². The molecule has 0 spiro atoms. The molecule has 1 aliphatic rings. The van der Waals surface area contributed by atoms with E-state index < -0.39 is 0 Å². The first-order valence-electron chi connectivity index (χ1n) is 6.59. The van der Waals surface area contributed by atoms with Crippen molar-refractivity contribution in [3.63, 3.8) is 0 Å². The molecule has 1 saturated carbocycles. The number of carbonyl (C=O) groups is 1. The van der Waals surface area contributed by atoms with Crippen LogP contribution in [0.25, 0.3) is 0 Å². The summed E-state index contributed by atoms with van der Waals surface area (Å²) in [5.41, 5.74) is 1.68. The highest BCUT2D eigenvalue weighted by Gasteiger charge is 2.26. The van der Waals surface area contributed by atoms with Crippen LogP contribution in [0.4, 0.5) is 5.82 Å². The fourth-order valence-corrected chi connectivity index (χ4v) is 2.14. The van der Waals surface area contributed by atoms with Gasteiger partial charge in [-0.1, -0.05) is 13.8 Å². The molecule has 100 valence electrons. The second-order valence-electron chi connectivity index (χ2n) is 5.29. The first kappa shape index (κ1) is 12.0. The highest BCUT2D eigenvalue weighted by atomic mass is 16.3. The Kier molecular flexibility index (Phi) is 2.89. The topological polar surface area (TPSA) is 70.9 Å². The molecule has 0 aromatic carbocycles. The zero-order chi connectivity index (χ0) is 13.4. The number of hydrogen-bond acceptors (Lipinski definition) is 3. The van der Waals surface area contributed by atoms with Crippen molar-refractivity contribution in [1.29, 1.82) is 0 Å². The molecule has 5 nitrogen and oxygen atoms in total. The minimum atomic E-state index is -0.175. The molecule has 0 bridgehead atoms. The number of aromatic amines is 1. The van der Waals surface area contributed by atoms with Gasteiger partial charge in [-0.3, -0.25) is 9.89 Å². The third-order valence-electron chi connectivity index (χ3n) is 3.32. The van der Waals surface area contributed by atoms with Gasteiger partial charge in [-0.25, -0.2) is 0 Å². The van der Waals surface area contributed by atoms with E-state index in [9.17, 15) is 4.79 Å². The van der Waals surface area contributed by atoms with E-state index in [2.05, 4.69) is 15.5 Å². The third kappa shape index (κ3) is 2.41.